The van der Waals surface area contributed by atoms with Crippen molar-refractivity contribution in [2.24, 2.45) is 0 Å². The molecular formula is C22H27NO2. The maximum atomic E-state index is 6.07. The van der Waals surface area contributed by atoms with E-state index in [1.54, 1.807) is 0 Å². The molecule has 0 saturated carbocycles. The number of hydrogen-bond donors (Lipinski definition) is 1. The van der Waals surface area contributed by atoms with Gasteiger partial charge >= 0.3 is 0 Å². The van der Waals surface area contributed by atoms with Crippen molar-refractivity contribution in [3.8, 4) is 5.75 Å². The number of fused-ring (bicyclic) bond motifs is 1. The van der Waals surface area contributed by atoms with E-state index in [1.165, 1.54) is 29.5 Å². The summed E-state index contributed by atoms with van der Waals surface area (Å²) < 4.78 is 11.5. The third-order valence-electron chi connectivity index (χ3n) is 5.44. The highest BCUT2D eigenvalue weighted by Gasteiger charge is 2.23. The second-order valence-electron chi connectivity index (χ2n) is 7.18. The molecule has 2 atom stereocenters. The molecule has 1 N–H and O–H groups in total. The minimum atomic E-state index is 0.296. The summed E-state index contributed by atoms with van der Waals surface area (Å²) in [5.74, 6) is 0.967. The molecule has 4 rings (SSSR count). The van der Waals surface area contributed by atoms with Crippen molar-refractivity contribution in [2.75, 3.05) is 13.2 Å². The Kier molecular flexibility index (Phi) is 5.04. The van der Waals surface area contributed by atoms with Crippen molar-refractivity contribution >= 4 is 0 Å². The Morgan fingerprint density at radius 3 is 2.56 bits per heavy atom. The van der Waals surface area contributed by atoms with Crippen LogP contribution in [0.2, 0.25) is 0 Å². The van der Waals surface area contributed by atoms with Crippen molar-refractivity contribution in [3.05, 3.63) is 65.2 Å². The van der Waals surface area contributed by atoms with Gasteiger partial charge in [-0.3, -0.25) is 0 Å². The first-order valence-corrected chi connectivity index (χ1v) is 9.48. The van der Waals surface area contributed by atoms with Crippen LogP contribution in [0.4, 0.5) is 0 Å². The Hall–Kier alpha value is -1.84. The van der Waals surface area contributed by atoms with Crippen molar-refractivity contribution in [1.29, 1.82) is 0 Å². The van der Waals surface area contributed by atoms with Crippen molar-refractivity contribution < 1.29 is 9.47 Å². The molecule has 1 fully saturated rings. The molecule has 0 aromatic heterocycles. The van der Waals surface area contributed by atoms with E-state index in [0.29, 0.717) is 18.2 Å². The van der Waals surface area contributed by atoms with E-state index >= 15 is 0 Å². The number of aryl methyl sites for hydroxylation is 1. The van der Waals surface area contributed by atoms with Crippen molar-refractivity contribution in [2.45, 2.75) is 50.8 Å². The van der Waals surface area contributed by atoms with Crippen LogP contribution in [-0.2, 0) is 11.2 Å². The van der Waals surface area contributed by atoms with Gasteiger partial charge in [-0.25, -0.2) is 0 Å². The van der Waals surface area contributed by atoms with E-state index in [1.807, 2.05) is 0 Å². The molecule has 0 bridgehead atoms. The summed E-state index contributed by atoms with van der Waals surface area (Å²) in [6, 6.07) is 18.2. The van der Waals surface area contributed by atoms with Gasteiger partial charge in [0.25, 0.3) is 0 Å². The standard InChI is InChI=1S/C22H27NO2/c1-16(23-22-11-8-18-4-2-3-5-21(18)22)17-6-9-19(10-7-17)25-20-12-14-24-15-13-20/h2-7,9-10,16,20,22-23H,8,11-15H2,1H3/t16-,22+/m0/s1. The molecule has 0 unspecified atom stereocenters. The first-order chi connectivity index (χ1) is 12.3. The zero-order valence-electron chi connectivity index (χ0n) is 14.9. The molecule has 1 heterocycles. The number of rotatable bonds is 5. The quantitative estimate of drug-likeness (QED) is 0.866. The Bertz CT molecular complexity index is 691. The maximum Gasteiger partial charge on any atom is 0.119 e. The largest absolute Gasteiger partial charge is 0.490 e. The Labute approximate surface area is 150 Å². The number of ether oxygens (including phenoxy) is 2. The van der Waals surface area contributed by atoms with Crippen LogP contribution in [0.1, 0.15) is 55.0 Å². The van der Waals surface area contributed by atoms with E-state index in [9.17, 15) is 0 Å². The number of nitrogens with one attached hydrogen (secondary N) is 1. The molecule has 0 radical (unpaired) electrons. The van der Waals surface area contributed by atoms with Gasteiger partial charge in [0.1, 0.15) is 11.9 Å². The van der Waals surface area contributed by atoms with Crippen molar-refractivity contribution in [3.63, 3.8) is 0 Å². The summed E-state index contributed by atoms with van der Waals surface area (Å²) >= 11 is 0. The van der Waals surface area contributed by atoms with E-state index in [2.05, 4.69) is 60.8 Å². The van der Waals surface area contributed by atoms with E-state index < -0.39 is 0 Å². The average Bonchev–Trinajstić information content (AvgIpc) is 3.06. The second-order valence-corrected chi connectivity index (χ2v) is 7.18. The van der Waals surface area contributed by atoms with Crippen LogP contribution in [0.25, 0.3) is 0 Å². The molecule has 25 heavy (non-hydrogen) atoms. The summed E-state index contributed by atoms with van der Waals surface area (Å²) in [6.07, 6.45) is 4.64. The fourth-order valence-electron chi connectivity index (χ4n) is 3.95. The molecule has 3 nitrogen and oxygen atoms in total. The molecule has 2 aromatic rings. The topological polar surface area (TPSA) is 30.5 Å². The van der Waals surface area contributed by atoms with E-state index in [4.69, 9.17) is 9.47 Å². The summed E-state index contributed by atoms with van der Waals surface area (Å²) in [5, 5.41) is 3.79. The average molecular weight is 337 g/mol. The van der Waals surface area contributed by atoms with Gasteiger partial charge in [0, 0.05) is 24.9 Å². The third-order valence-corrected chi connectivity index (χ3v) is 5.44. The zero-order chi connectivity index (χ0) is 17.1. The summed E-state index contributed by atoms with van der Waals surface area (Å²) in [4.78, 5) is 0. The normalized spacial score (nSPS) is 21.7. The van der Waals surface area contributed by atoms with Crippen LogP contribution in [0, 0.1) is 0 Å². The predicted octanol–water partition coefficient (Wildman–Crippen LogP) is 4.58. The van der Waals surface area contributed by atoms with Crippen LogP contribution in [-0.4, -0.2) is 19.3 Å². The Morgan fingerprint density at radius 2 is 1.76 bits per heavy atom. The maximum absolute atomic E-state index is 6.07. The molecule has 3 heteroatoms. The van der Waals surface area contributed by atoms with Gasteiger partial charge in [-0.2, -0.15) is 0 Å². The molecule has 1 saturated heterocycles. The molecule has 132 valence electrons. The minimum absolute atomic E-state index is 0.296. The molecule has 0 amide bonds. The van der Waals surface area contributed by atoms with Gasteiger partial charge in [-0.05, 0) is 48.6 Å². The molecule has 1 aliphatic heterocycles. The highest BCUT2D eigenvalue weighted by atomic mass is 16.5. The van der Waals surface area contributed by atoms with Gasteiger partial charge in [0.15, 0.2) is 0 Å². The summed E-state index contributed by atoms with van der Waals surface area (Å²) in [5.41, 5.74) is 4.27. The smallest absolute Gasteiger partial charge is 0.119 e. The van der Waals surface area contributed by atoms with E-state index in [-0.39, 0.29) is 0 Å². The van der Waals surface area contributed by atoms with Crippen molar-refractivity contribution in [1.82, 2.24) is 5.32 Å². The fraction of sp³-hybridized carbons (Fsp3) is 0.455. The fourth-order valence-corrected chi connectivity index (χ4v) is 3.95. The highest BCUT2D eigenvalue weighted by Crippen LogP contribution is 2.33. The lowest BCUT2D eigenvalue weighted by atomic mass is 10.0. The van der Waals surface area contributed by atoms with Gasteiger partial charge in [-0.15, -0.1) is 0 Å². The monoisotopic (exact) mass is 337 g/mol. The summed E-state index contributed by atoms with van der Waals surface area (Å²) in [6.45, 7) is 3.87. The van der Waals surface area contributed by atoms with Crippen LogP contribution < -0.4 is 10.1 Å². The van der Waals surface area contributed by atoms with Crippen LogP contribution in [0.3, 0.4) is 0 Å². The highest BCUT2D eigenvalue weighted by molar-refractivity contribution is 5.35. The van der Waals surface area contributed by atoms with Crippen LogP contribution >= 0.6 is 0 Å². The Morgan fingerprint density at radius 1 is 1.00 bits per heavy atom. The molecule has 1 aliphatic carbocycles. The molecular weight excluding hydrogens is 310 g/mol. The number of benzene rings is 2. The predicted molar refractivity (Wildman–Crippen MR) is 100.0 cm³/mol. The van der Waals surface area contributed by atoms with Gasteiger partial charge in [0.2, 0.25) is 0 Å². The second kappa shape index (κ2) is 7.59. The lowest BCUT2D eigenvalue weighted by molar-refractivity contribution is 0.0255. The first-order valence-electron chi connectivity index (χ1n) is 9.48. The van der Waals surface area contributed by atoms with Gasteiger partial charge in [0.05, 0.1) is 13.2 Å². The minimum Gasteiger partial charge on any atom is -0.490 e. The zero-order valence-corrected chi connectivity index (χ0v) is 14.9. The number of hydrogen-bond acceptors (Lipinski definition) is 3. The lowest BCUT2D eigenvalue weighted by Crippen LogP contribution is -2.26. The Balaban J connectivity index is 1.37. The van der Waals surface area contributed by atoms with Crippen LogP contribution in [0.5, 0.6) is 5.75 Å². The van der Waals surface area contributed by atoms with Gasteiger partial charge < -0.3 is 14.8 Å². The molecule has 2 aromatic carbocycles. The summed E-state index contributed by atoms with van der Waals surface area (Å²) in [7, 11) is 0. The lowest BCUT2D eigenvalue weighted by Gasteiger charge is -2.24. The molecule has 0 spiro atoms. The SMILES string of the molecule is C[C@H](N[C@@H]1CCc2ccccc21)c1ccc(OC2CCOCC2)cc1. The molecule has 2 aliphatic rings. The first kappa shape index (κ1) is 16.6. The van der Waals surface area contributed by atoms with Gasteiger partial charge in [-0.1, -0.05) is 36.4 Å². The third kappa shape index (κ3) is 3.88. The van der Waals surface area contributed by atoms with E-state index in [0.717, 1.165) is 31.8 Å². The van der Waals surface area contributed by atoms with Crippen LogP contribution in [0.15, 0.2) is 48.5 Å².